The lowest BCUT2D eigenvalue weighted by Gasteiger charge is -2.12. The zero-order valence-electron chi connectivity index (χ0n) is 8.74. The second kappa shape index (κ2) is 5.26. The van der Waals surface area contributed by atoms with Gasteiger partial charge in [-0.15, -0.1) is 5.10 Å². The van der Waals surface area contributed by atoms with E-state index in [1.165, 1.54) is 10.9 Å². The van der Waals surface area contributed by atoms with Gasteiger partial charge in [0.25, 0.3) is 0 Å². The van der Waals surface area contributed by atoms with Gasteiger partial charge in [0.2, 0.25) is 0 Å². The first kappa shape index (κ1) is 12.9. The van der Waals surface area contributed by atoms with Crippen molar-refractivity contribution in [1.82, 2.24) is 15.0 Å². The lowest BCUT2D eigenvalue weighted by Crippen LogP contribution is -2.20. The van der Waals surface area contributed by atoms with Crippen molar-refractivity contribution >= 4 is 0 Å². The molecule has 0 aliphatic heterocycles. The molecule has 0 saturated heterocycles. The molecule has 0 radical (unpaired) electrons. The Balaban J connectivity index is 2.26. The molecule has 0 aromatic carbocycles. The fraction of sp³-hybridized carbons (Fsp3) is 0.750. The molecule has 5 nitrogen and oxygen atoms in total. The van der Waals surface area contributed by atoms with Gasteiger partial charge in [-0.2, -0.15) is 13.2 Å². The second-order valence-electron chi connectivity index (χ2n) is 3.35. The molecule has 1 aromatic heterocycles. The van der Waals surface area contributed by atoms with Crippen LogP contribution in [-0.2, 0) is 11.8 Å². The third-order valence-electron chi connectivity index (χ3n) is 1.97. The van der Waals surface area contributed by atoms with Crippen molar-refractivity contribution in [3.63, 3.8) is 0 Å². The largest absolute Gasteiger partial charge is 0.411 e. The number of rotatable bonds is 5. The number of ether oxygens (including phenoxy) is 1. The van der Waals surface area contributed by atoms with E-state index in [0.717, 1.165) is 0 Å². The number of halogens is 3. The lowest BCUT2D eigenvalue weighted by atomic mass is 10.2. The first-order valence-corrected chi connectivity index (χ1v) is 4.65. The van der Waals surface area contributed by atoms with Gasteiger partial charge >= 0.3 is 6.18 Å². The molecule has 0 amide bonds. The molecule has 0 fully saturated rings. The fourth-order valence-corrected chi connectivity index (χ4v) is 1.18. The topological polar surface area (TPSA) is 66.0 Å². The number of aryl methyl sites for hydroxylation is 1. The predicted octanol–water partition coefficient (Wildman–Crippen LogP) is 0.784. The monoisotopic (exact) mass is 238 g/mol. The van der Waals surface area contributed by atoms with Crippen LogP contribution in [0.5, 0.6) is 0 Å². The first-order valence-electron chi connectivity index (χ1n) is 4.65. The van der Waals surface area contributed by atoms with Gasteiger partial charge in [-0.3, -0.25) is 4.68 Å². The van der Waals surface area contributed by atoms with Crippen LogP contribution in [0.1, 0.15) is 18.2 Å². The van der Waals surface area contributed by atoms with Crippen molar-refractivity contribution in [1.29, 1.82) is 0 Å². The van der Waals surface area contributed by atoms with Crippen molar-refractivity contribution in [2.75, 3.05) is 13.2 Å². The summed E-state index contributed by atoms with van der Waals surface area (Å²) in [4.78, 5) is 0. The number of aromatic nitrogens is 3. The summed E-state index contributed by atoms with van der Waals surface area (Å²) in [5.74, 6) is 0. The van der Waals surface area contributed by atoms with E-state index in [4.69, 9.17) is 5.73 Å². The Morgan fingerprint density at radius 3 is 2.75 bits per heavy atom. The standard InChI is InChI=1S/C8H13F3N4O/c1-15-7(4-13-14-15)6(12)2-3-16-5-8(9,10)11/h4,6H,2-3,5,12H2,1H3. The first-order chi connectivity index (χ1) is 7.40. The summed E-state index contributed by atoms with van der Waals surface area (Å²) in [6.45, 7) is -1.30. The molecule has 1 aromatic rings. The lowest BCUT2D eigenvalue weighted by molar-refractivity contribution is -0.174. The molecular weight excluding hydrogens is 225 g/mol. The van der Waals surface area contributed by atoms with Crippen LogP contribution < -0.4 is 5.73 Å². The van der Waals surface area contributed by atoms with Crippen molar-refractivity contribution in [3.05, 3.63) is 11.9 Å². The van der Waals surface area contributed by atoms with E-state index in [0.29, 0.717) is 5.69 Å². The third kappa shape index (κ3) is 4.15. The van der Waals surface area contributed by atoms with Crippen LogP contribution in [0.3, 0.4) is 0 Å². The maximum absolute atomic E-state index is 11.7. The molecule has 0 saturated carbocycles. The molecule has 1 unspecified atom stereocenters. The average molecular weight is 238 g/mol. The zero-order valence-corrected chi connectivity index (χ0v) is 8.74. The van der Waals surface area contributed by atoms with Crippen molar-refractivity contribution in [3.8, 4) is 0 Å². The molecule has 0 aliphatic carbocycles. The van der Waals surface area contributed by atoms with Gasteiger partial charge in [-0.05, 0) is 6.42 Å². The number of nitrogens with two attached hydrogens (primary N) is 1. The molecule has 0 aliphatic rings. The van der Waals surface area contributed by atoms with Crippen LogP contribution in [0.4, 0.5) is 13.2 Å². The molecule has 0 bridgehead atoms. The van der Waals surface area contributed by atoms with Gasteiger partial charge < -0.3 is 10.5 Å². The van der Waals surface area contributed by atoms with E-state index < -0.39 is 18.8 Å². The summed E-state index contributed by atoms with van der Waals surface area (Å²) in [6, 6.07) is -0.423. The van der Waals surface area contributed by atoms with Crippen LogP contribution in [0.25, 0.3) is 0 Å². The number of nitrogens with zero attached hydrogens (tertiary/aromatic N) is 3. The summed E-state index contributed by atoms with van der Waals surface area (Å²) in [5, 5.41) is 7.29. The Hall–Kier alpha value is -1.15. The smallest absolute Gasteiger partial charge is 0.372 e. The Bertz CT molecular complexity index is 325. The maximum atomic E-state index is 11.7. The van der Waals surface area contributed by atoms with Gasteiger partial charge in [0.1, 0.15) is 6.61 Å². The van der Waals surface area contributed by atoms with Crippen molar-refractivity contribution in [2.24, 2.45) is 12.8 Å². The van der Waals surface area contributed by atoms with Gasteiger partial charge in [-0.25, -0.2) is 0 Å². The molecule has 8 heteroatoms. The highest BCUT2D eigenvalue weighted by atomic mass is 19.4. The summed E-state index contributed by atoms with van der Waals surface area (Å²) < 4.78 is 41.1. The van der Waals surface area contributed by atoms with Crippen LogP contribution in [-0.4, -0.2) is 34.4 Å². The Labute approximate surface area is 90.4 Å². The molecule has 1 atom stereocenters. The van der Waals surface area contributed by atoms with Gasteiger partial charge in [-0.1, -0.05) is 5.21 Å². The molecule has 0 spiro atoms. The van der Waals surface area contributed by atoms with E-state index in [9.17, 15) is 13.2 Å². The van der Waals surface area contributed by atoms with E-state index in [2.05, 4.69) is 15.0 Å². The number of hydrogen-bond donors (Lipinski definition) is 1. The van der Waals surface area contributed by atoms with Crippen LogP contribution in [0.2, 0.25) is 0 Å². The molecule has 1 rings (SSSR count). The highest BCUT2D eigenvalue weighted by Gasteiger charge is 2.27. The van der Waals surface area contributed by atoms with E-state index in [-0.39, 0.29) is 13.0 Å². The van der Waals surface area contributed by atoms with Gasteiger partial charge in [0.15, 0.2) is 0 Å². The van der Waals surface area contributed by atoms with E-state index in [1.807, 2.05) is 0 Å². The molecule has 92 valence electrons. The summed E-state index contributed by atoms with van der Waals surface area (Å²) in [7, 11) is 1.67. The minimum Gasteiger partial charge on any atom is -0.372 e. The molecule has 2 N–H and O–H groups in total. The third-order valence-corrected chi connectivity index (χ3v) is 1.97. The van der Waals surface area contributed by atoms with Crippen LogP contribution >= 0.6 is 0 Å². The Morgan fingerprint density at radius 2 is 2.25 bits per heavy atom. The molecule has 1 heterocycles. The average Bonchev–Trinajstić information content (AvgIpc) is 2.57. The van der Waals surface area contributed by atoms with E-state index in [1.54, 1.807) is 7.05 Å². The predicted molar refractivity (Wildman–Crippen MR) is 49.4 cm³/mol. The summed E-state index contributed by atoms with van der Waals surface area (Å²) >= 11 is 0. The highest BCUT2D eigenvalue weighted by molar-refractivity contribution is 5.00. The fourth-order valence-electron chi connectivity index (χ4n) is 1.18. The normalized spacial score (nSPS) is 14.1. The van der Waals surface area contributed by atoms with Gasteiger partial charge in [0.05, 0.1) is 17.9 Å². The minimum absolute atomic E-state index is 0.0497. The maximum Gasteiger partial charge on any atom is 0.411 e. The number of hydrogen-bond acceptors (Lipinski definition) is 4. The van der Waals surface area contributed by atoms with Crippen molar-refractivity contribution < 1.29 is 17.9 Å². The van der Waals surface area contributed by atoms with Gasteiger partial charge in [0, 0.05) is 13.7 Å². The molecular formula is C8H13F3N4O. The van der Waals surface area contributed by atoms with Crippen LogP contribution in [0.15, 0.2) is 6.20 Å². The minimum atomic E-state index is -4.29. The summed E-state index contributed by atoms with van der Waals surface area (Å²) in [6.07, 6.45) is -2.52. The van der Waals surface area contributed by atoms with E-state index >= 15 is 0 Å². The van der Waals surface area contributed by atoms with Crippen LogP contribution in [0, 0.1) is 0 Å². The Kier molecular flexibility index (Phi) is 4.25. The zero-order chi connectivity index (χ0) is 12.2. The highest BCUT2D eigenvalue weighted by Crippen LogP contribution is 2.16. The Morgan fingerprint density at radius 1 is 1.56 bits per heavy atom. The number of alkyl halides is 3. The second-order valence-corrected chi connectivity index (χ2v) is 3.35. The summed E-state index contributed by atoms with van der Waals surface area (Å²) in [5.41, 5.74) is 6.39. The molecule has 16 heavy (non-hydrogen) atoms. The SMILES string of the molecule is Cn1nncc1C(N)CCOCC(F)(F)F. The quantitative estimate of drug-likeness (QED) is 0.770. The van der Waals surface area contributed by atoms with Crippen molar-refractivity contribution in [2.45, 2.75) is 18.6 Å².